The molecular weight excluding hydrogens is 302 g/mol. The minimum absolute atomic E-state index is 0.157. The molecule has 2 heterocycles. The third-order valence-corrected chi connectivity index (χ3v) is 4.33. The molecule has 3 rings (SSSR count). The van der Waals surface area contributed by atoms with E-state index in [9.17, 15) is 4.79 Å². The first-order valence-electron chi connectivity index (χ1n) is 8.18. The molecule has 0 bridgehead atoms. The molecule has 1 unspecified atom stereocenters. The second-order valence-corrected chi connectivity index (χ2v) is 6.15. The number of carbonyl (C=O) groups is 1. The number of benzene rings is 1. The third-order valence-electron chi connectivity index (χ3n) is 4.33. The van der Waals surface area contributed by atoms with Gasteiger partial charge in [0, 0.05) is 38.6 Å². The zero-order chi connectivity index (χ0) is 16.9. The lowest BCUT2D eigenvalue weighted by Gasteiger charge is -2.38. The molecule has 1 fully saturated rings. The number of anilines is 1. The van der Waals surface area contributed by atoms with E-state index in [1.54, 1.807) is 18.6 Å². The number of hydrogen-bond acceptors (Lipinski definition) is 5. The molecule has 2 aromatic rings. The Kier molecular flexibility index (Phi) is 5.05. The van der Waals surface area contributed by atoms with Crippen LogP contribution in [0.5, 0.6) is 0 Å². The van der Waals surface area contributed by atoms with E-state index in [1.807, 2.05) is 54.2 Å². The van der Waals surface area contributed by atoms with Crippen molar-refractivity contribution in [2.45, 2.75) is 6.04 Å². The molecule has 1 aromatic heterocycles. The van der Waals surface area contributed by atoms with Crippen LogP contribution >= 0.6 is 0 Å². The number of aromatic nitrogens is 2. The summed E-state index contributed by atoms with van der Waals surface area (Å²) < 4.78 is 0. The molecule has 0 saturated carbocycles. The lowest BCUT2D eigenvalue weighted by Crippen LogP contribution is -2.51. The number of rotatable bonds is 4. The molecule has 126 valence electrons. The SMILES string of the molecule is CN(C)C(C(=O)N1CCN(c2cnccn2)CC1)c1ccccc1. The summed E-state index contributed by atoms with van der Waals surface area (Å²) in [7, 11) is 3.90. The van der Waals surface area contributed by atoms with Gasteiger partial charge in [0.05, 0.1) is 6.20 Å². The molecule has 6 nitrogen and oxygen atoms in total. The van der Waals surface area contributed by atoms with Crippen molar-refractivity contribution in [1.29, 1.82) is 0 Å². The van der Waals surface area contributed by atoms with E-state index in [0.717, 1.165) is 24.5 Å². The summed E-state index contributed by atoms with van der Waals surface area (Å²) in [6, 6.07) is 9.71. The highest BCUT2D eigenvalue weighted by Crippen LogP contribution is 2.22. The minimum atomic E-state index is -0.241. The van der Waals surface area contributed by atoms with Crippen molar-refractivity contribution in [3.63, 3.8) is 0 Å². The van der Waals surface area contributed by atoms with Crippen LogP contribution in [0, 0.1) is 0 Å². The predicted molar refractivity (Wildman–Crippen MR) is 93.7 cm³/mol. The van der Waals surface area contributed by atoms with Crippen LogP contribution in [0.15, 0.2) is 48.9 Å². The molecule has 1 saturated heterocycles. The largest absolute Gasteiger partial charge is 0.352 e. The van der Waals surface area contributed by atoms with Gasteiger partial charge in [0.25, 0.3) is 0 Å². The molecule has 1 aliphatic heterocycles. The van der Waals surface area contributed by atoms with Crippen molar-refractivity contribution in [3.05, 3.63) is 54.5 Å². The summed E-state index contributed by atoms with van der Waals surface area (Å²) in [6.07, 6.45) is 5.14. The van der Waals surface area contributed by atoms with Crippen LogP contribution in [-0.2, 0) is 4.79 Å². The molecule has 6 heteroatoms. The molecule has 0 N–H and O–H groups in total. The van der Waals surface area contributed by atoms with Crippen molar-refractivity contribution >= 4 is 11.7 Å². The van der Waals surface area contributed by atoms with Gasteiger partial charge in [0.1, 0.15) is 11.9 Å². The Morgan fingerprint density at radius 3 is 2.38 bits per heavy atom. The summed E-state index contributed by atoms with van der Waals surface area (Å²) in [6.45, 7) is 2.96. The first-order chi connectivity index (χ1) is 11.7. The molecule has 24 heavy (non-hydrogen) atoms. The molecular formula is C18H23N5O. The van der Waals surface area contributed by atoms with E-state index in [-0.39, 0.29) is 11.9 Å². The minimum Gasteiger partial charge on any atom is -0.352 e. The predicted octanol–water partition coefficient (Wildman–Crippen LogP) is 1.43. The Bertz CT molecular complexity index is 654. The molecule has 0 aliphatic carbocycles. The molecule has 0 spiro atoms. The number of nitrogens with zero attached hydrogens (tertiary/aromatic N) is 5. The lowest BCUT2D eigenvalue weighted by molar-refractivity contribution is -0.136. The van der Waals surface area contributed by atoms with Crippen molar-refractivity contribution < 1.29 is 4.79 Å². The monoisotopic (exact) mass is 325 g/mol. The standard InChI is InChI=1S/C18H23N5O/c1-21(2)17(15-6-4-3-5-7-15)18(24)23-12-10-22(11-13-23)16-14-19-8-9-20-16/h3-9,14,17H,10-13H2,1-2H3. The van der Waals surface area contributed by atoms with E-state index in [0.29, 0.717) is 13.1 Å². The number of carbonyl (C=O) groups excluding carboxylic acids is 1. The van der Waals surface area contributed by atoms with Gasteiger partial charge in [-0.15, -0.1) is 0 Å². The van der Waals surface area contributed by atoms with Crippen molar-refractivity contribution in [2.24, 2.45) is 0 Å². The normalized spacial score (nSPS) is 16.3. The fourth-order valence-corrected chi connectivity index (χ4v) is 3.08. The molecule has 1 aliphatic rings. The Balaban J connectivity index is 1.67. The quantitative estimate of drug-likeness (QED) is 0.851. The topological polar surface area (TPSA) is 52.6 Å². The van der Waals surface area contributed by atoms with E-state index < -0.39 is 0 Å². The van der Waals surface area contributed by atoms with E-state index >= 15 is 0 Å². The summed E-state index contributed by atoms with van der Waals surface area (Å²) in [5, 5.41) is 0. The molecule has 1 atom stereocenters. The van der Waals surface area contributed by atoms with Crippen molar-refractivity contribution in [1.82, 2.24) is 19.8 Å². The zero-order valence-corrected chi connectivity index (χ0v) is 14.2. The Labute approximate surface area is 142 Å². The van der Waals surface area contributed by atoms with Gasteiger partial charge in [-0.1, -0.05) is 30.3 Å². The summed E-state index contributed by atoms with van der Waals surface area (Å²) >= 11 is 0. The van der Waals surface area contributed by atoms with E-state index in [1.165, 1.54) is 0 Å². The second kappa shape index (κ2) is 7.40. The van der Waals surface area contributed by atoms with Crippen LogP contribution in [0.1, 0.15) is 11.6 Å². The summed E-state index contributed by atoms with van der Waals surface area (Å²) in [4.78, 5) is 27.6. The third kappa shape index (κ3) is 3.54. The Hall–Kier alpha value is -2.47. The lowest BCUT2D eigenvalue weighted by atomic mass is 10.0. The maximum absolute atomic E-state index is 13.0. The smallest absolute Gasteiger partial charge is 0.244 e. The Morgan fingerprint density at radius 1 is 1.08 bits per heavy atom. The number of hydrogen-bond donors (Lipinski definition) is 0. The van der Waals surface area contributed by atoms with Gasteiger partial charge in [-0.2, -0.15) is 0 Å². The van der Waals surface area contributed by atoms with Crippen LogP contribution in [0.2, 0.25) is 0 Å². The van der Waals surface area contributed by atoms with Crippen LogP contribution in [0.25, 0.3) is 0 Å². The van der Waals surface area contributed by atoms with Gasteiger partial charge in [-0.25, -0.2) is 4.98 Å². The number of likely N-dealkylation sites (N-methyl/N-ethyl adjacent to an activating group) is 1. The molecule has 1 aromatic carbocycles. The second-order valence-electron chi connectivity index (χ2n) is 6.15. The highest BCUT2D eigenvalue weighted by molar-refractivity contribution is 5.83. The van der Waals surface area contributed by atoms with Crippen molar-refractivity contribution in [2.75, 3.05) is 45.2 Å². The number of piperazine rings is 1. The maximum Gasteiger partial charge on any atom is 0.244 e. The maximum atomic E-state index is 13.0. The van der Waals surface area contributed by atoms with Gasteiger partial charge in [-0.05, 0) is 19.7 Å². The van der Waals surface area contributed by atoms with E-state index in [2.05, 4.69) is 14.9 Å². The summed E-state index contributed by atoms with van der Waals surface area (Å²) in [5.41, 5.74) is 1.03. The van der Waals surface area contributed by atoms with Crippen LogP contribution in [0.4, 0.5) is 5.82 Å². The van der Waals surface area contributed by atoms with Crippen LogP contribution in [0.3, 0.4) is 0 Å². The van der Waals surface area contributed by atoms with Crippen LogP contribution in [-0.4, -0.2) is 65.9 Å². The molecule has 1 amide bonds. The van der Waals surface area contributed by atoms with Gasteiger partial charge >= 0.3 is 0 Å². The molecule has 0 radical (unpaired) electrons. The van der Waals surface area contributed by atoms with Crippen molar-refractivity contribution in [3.8, 4) is 0 Å². The average molecular weight is 325 g/mol. The highest BCUT2D eigenvalue weighted by atomic mass is 16.2. The van der Waals surface area contributed by atoms with E-state index in [4.69, 9.17) is 0 Å². The summed E-state index contributed by atoms with van der Waals surface area (Å²) in [5.74, 6) is 1.03. The fraction of sp³-hybridized carbons (Fsp3) is 0.389. The van der Waals surface area contributed by atoms with Gasteiger partial charge < -0.3 is 9.80 Å². The van der Waals surface area contributed by atoms with Crippen LogP contribution < -0.4 is 4.90 Å². The fourth-order valence-electron chi connectivity index (χ4n) is 3.08. The van der Waals surface area contributed by atoms with Gasteiger partial charge in [0.15, 0.2) is 0 Å². The first-order valence-corrected chi connectivity index (χ1v) is 8.18. The average Bonchev–Trinajstić information content (AvgIpc) is 2.63. The highest BCUT2D eigenvalue weighted by Gasteiger charge is 2.30. The van der Waals surface area contributed by atoms with Gasteiger partial charge in [-0.3, -0.25) is 14.7 Å². The zero-order valence-electron chi connectivity index (χ0n) is 14.2. The first kappa shape index (κ1) is 16.4. The Morgan fingerprint density at radius 2 is 1.79 bits per heavy atom. The van der Waals surface area contributed by atoms with Gasteiger partial charge in [0.2, 0.25) is 5.91 Å². The number of amides is 1.